The standard InChI is InChI=1S/C12H16N2O7/c1-20-6-2-3-7(8(4-6)14(18)19)13-12-11(17)10(16)9(5-15)21-12/h2-4,9-13,15-17H,5H2,1H3/t9-,10+,11-,12-/m1/s1. The molecule has 0 spiro atoms. The van der Waals surface area contributed by atoms with Crippen molar-refractivity contribution in [2.75, 3.05) is 19.0 Å². The number of anilines is 1. The van der Waals surface area contributed by atoms with Crippen molar-refractivity contribution in [1.29, 1.82) is 0 Å². The fraction of sp³-hybridized carbons (Fsp3) is 0.500. The molecule has 4 atom stereocenters. The van der Waals surface area contributed by atoms with E-state index < -0.39 is 36.1 Å². The van der Waals surface area contributed by atoms with Crippen LogP contribution in [0.15, 0.2) is 18.2 Å². The first-order valence-corrected chi connectivity index (χ1v) is 6.19. The molecular weight excluding hydrogens is 284 g/mol. The van der Waals surface area contributed by atoms with Crippen molar-refractivity contribution in [3.63, 3.8) is 0 Å². The Balaban J connectivity index is 2.22. The van der Waals surface area contributed by atoms with Crippen molar-refractivity contribution in [3.05, 3.63) is 28.3 Å². The molecule has 0 aliphatic carbocycles. The predicted octanol–water partition coefficient (Wildman–Crippen LogP) is -0.546. The van der Waals surface area contributed by atoms with Crippen molar-refractivity contribution < 1.29 is 29.7 Å². The molecule has 116 valence electrons. The van der Waals surface area contributed by atoms with Crippen molar-refractivity contribution in [2.24, 2.45) is 0 Å². The molecule has 1 saturated heterocycles. The summed E-state index contributed by atoms with van der Waals surface area (Å²) < 4.78 is 10.1. The van der Waals surface area contributed by atoms with E-state index in [0.29, 0.717) is 5.75 Å². The minimum atomic E-state index is -1.32. The topological polar surface area (TPSA) is 134 Å². The summed E-state index contributed by atoms with van der Waals surface area (Å²) in [6.45, 7) is -0.471. The van der Waals surface area contributed by atoms with Gasteiger partial charge in [0.15, 0.2) is 6.23 Å². The fourth-order valence-corrected chi connectivity index (χ4v) is 2.08. The van der Waals surface area contributed by atoms with Crippen molar-refractivity contribution in [3.8, 4) is 5.75 Å². The van der Waals surface area contributed by atoms with Gasteiger partial charge in [-0.05, 0) is 12.1 Å². The van der Waals surface area contributed by atoms with Crippen LogP contribution in [0.5, 0.6) is 5.75 Å². The Hall–Kier alpha value is -1.94. The third-order valence-electron chi connectivity index (χ3n) is 3.24. The number of aliphatic hydroxyl groups excluding tert-OH is 3. The summed E-state index contributed by atoms with van der Waals surface area (Å²) in [5.41, 5.74) is -0.150. The average Bonchev–Trinajstić information content (AvgIpc) is 2.75. The zero-order chi connectivity index (χ0) is 15.6. The van der Waals surface area contributed by atoms with Crippen LogP contribution in [0.1, 0.15) is 0 Å². The smallest absolute Gasteiger partial charge is 0.296 e. The van der Waals surface area contributed by atoms with Crippen LogP contribution < -0.4 is 10.1 Å². The van der Waals surface area contributed by atoms with Gasteiger partial charge in [0.25, 0.3) is 5.69 Å². The summed E-state index contributed by atoms with van der Waals surface area (Å²) in [4.78, 5) is 10.4. The van der Waals surface area contributed by atoms with E-state index in [-0.39, 0.29) is 11.4 Å². The van der Waals surface area contributed by atoms with Crippen LogP contribution in [0.25, 0.3) is 0 Å². The van der Waals surface area contributed by atoms with E-state index in [0.717, 1.165) is 0 Å². The summed E-state index contributed by atoms with van der Waals surface area (Å²) in [5.74, 6) is 0.313. The van der Waals surface area contributed by atoms with E-state index in [2.05, 4.69) is 5.32 Å². The lowest BCUT2D eigenvalue weighted by molar-refractivity contribution is -0.384. The summed E-state index contributed by atoms with van der Waals surface area (Å²) in [5, 5.41) is 42.1. The number of methoxy groups -OCH3 is 1. The monoisotopic (exact) mass is 300 g/mol. The number of benzene rings is 1. The second-order valence-electron chi connectivity index (χ2n) is 4.54. The van der Waals surface area contributed by atoms with Crippen LogP contribution >= 0.6 is 0 Å². The first kappa shape index (κ1) is 15.4. The quantitative estimate of drug-likeness (QED) is 0.420. The second-order valence-corrected chi connectivity index (χ2v) is 4.54. The number of nitrogens with one attached hydrogen (secondary N) is 1. The Morgan fingerprint density at radius 1 is 1.43 bits per heavy atom. The van der Waals surface area contributed by atoms with Crippen LogP contribution in [-0.2, 0) is 4.74 Å². The van der Waals surface area contributed by atoms with Crippen molar-refractivity contribution in [1.82, 2.24) is 0 Å². The normalized spacial score (nSPS) is 28.4. The molecular formula is C12H16N2O7. The third-order valence-corrected chi connectivity index (χ3v) is 3.24. The van der Waals surface area contributed by atoms with Crippen LogP contribution in [0.4, 0.5) is 11.4 Å². The van der Waals surface area contributed by atoms with E-state index in [9.17, 15) is 20.3 Å². The number of rotatable bonds is 5. The van der Waals surface area contributed by atoms with Gasteiger partial charge in [-0.2, -0.15) is 0 Å². The Morgan fingerprint density at radius 2 is 2.14 bits per heavy atom. The first-order chi connectivity index (χ1) is 9.97. The largest absolute Gasteiger partial charge is 0.496 e. The van der Waals surface area contributed by atoms with Gasteiger partial charge < -0.3 is 30.1 Å². The molecule has 0 saturated carbocycles. The minimum Gasteiger partial charge on any atom is -0.496 e. The van der Waals surface area contributed by atoms with Crippen molar-refractivity contribution >= 4 is 11.4 Å². The maximum Gasteiger partial charge on any atom is 0.296 e. The van der Waals surface area contributed by atoms with Gasteiger partial charge in [-0.25, -0.2) is 0 Å². The highest BCUT2D eigenvalue weighted by molar-refractivity contribution is 5.64. The first-order valence-electron chi connectivity index (χ1n) is 6.19. The van der Waals surface area contributed by atoms with Gasteiger partial charge in [0, 0.05) is 0 Å². The molecule has 0 bridgehead atoms. The lowest BCUT2D eigenvalue weighted by Gasteiger charge is -2.17. The van der Waals surface area contributed by atoms with Gasteiger partial charge in [-0.1, -0.05) is 0 Å². The summed E-state index contributed by atoms with van der Waals surface area (Å²) in [6, 6.07) is 4.14. The molecule has 1 fully saturated rings. The Labute approximate surface area is 119 Å². The number of hydrogen-bond acceptors (Lipinski definition) is 8. The van der Waals surface area contributed by atoms with E-state index in [4.69, 9.17) is 14.6 Å². The lowest BCUT2D eigenvalue weighted by atomic mass is 10.1. The van der Waals surface area contributed by atoms with E-state index in [1.165, 1.54) is 25.3 Å². The van der Waals surface area contributed by atoms with Gasteiger partial charge in [-0.3, -0.25) is 10.1 Å². The zero-order valence-corrected chi connectivity index (χ0v) is 11.2. The number of hydrogen-bond donors (Lipinski definition) is 4. The maximum atomic E-state index is 11.0. The van der Waals surface area contributed by atoms with Gasteiger partial charge >= 0.3 is 0 Å². The maximum absolute atomic E-state index is 11.0. The van der Waals surface area contributed by atoms with E-state index in [1.54, 1.807) is 0 Å². The number of aliphatic hydroxyl groups is 3. The molecule has 0 amide bonds. The molecule has 21 heavy (non-hydrogen) atoms. The molecule has 2 rings (SSSR count). The molecule has 0 unspecified atom stereocenters. The Kier molecular flexibility index (Phi) is 4.58. The van der Waals surface area contributed by atoms with Crippen LogP contribution in [0.3, 0.4) is 0 Å². The Bertz CT molecular complexity index is 524. The Morgan fingerprint density at radius 3 is 2.67 bits per heavy atom. The molecule has 1 aromatic carbocycles. The van der Waals surface area contributed by atoms with Crippen LogP contribution in [0.2, 0.25) is 0 Å². The summed E-state index contributed by atoms with van der Waals surface area (Å²) in [6.07, 6.45) is -4.60. The van der Waals surface area contributed by atoms with Gasteiger partial charge in [0.1, 0.15) is 29.7 Å². The van der Waals surface area contributed by atoms with E-state index >= 15 is 0 Å². The highest BCUT2D eigenvalue weighted by atomic mass is 16.6. The fourth-order valence-electron chi connectivity index (χ4n) is 2.08. The molecule has 0 aromatic heterocycles. The van der Waals surface area contributed by atoms with Crippen LogP contribution in [0, 0.1) is 10.1 Å². The third kappa shape index (κ3) is 3.05. The number of nitro groups is 1. The predicted molar refractivity (Wildman–Crippen MR) is 71.0 cm³/mol. The highest BCUT2D eigenvalue weighted by Gasteiger charge is 2.42. The molecule has 0 radical (unpaired) electrons. The number of nitrogens with zero attached hydrogens (tertiary/aromatic N) is 1. The molecule has 9 nitrogen and oxygen atoms in total. The van der Waals surface area contributed by atoms with E-state index in [1.807, 2.05) is 0 Å². The highest BCUT2D eigenvalue weighted by Crippen LogP contribution is 2.31. The van der Waals surface area contributed by atoms with Gasteiger partial charge in [0.2, 0.25) is 0 Å². The second kappa shape index (κ2) is 6.22. The SMILES string of the molecule is COc1ccc(N[C@@H]2O[C@H](CO)[C@H](O)[C@H]2O)c([N+](=O)[O-])c1. The van der Waals surface area contributed by atoms with Gasteiger partial charge in [-0.15, -0.1) is 0 Å². The molecule has 1 heterocycles. The van der Waals surface area contributed by atoms with Crippen molar-refractivity contribution in [2.45, 2.75) is 24.5 Å². The zero-order valence-electron chi connectivity index (χ0n) is 11.2. The number of nitro benzene ring substituents is 1. The minimum absolute atomic E-state index is 0.107. The summed E-state index contributed by atoms with van der Waals surface area (Å²) >= 11 is 0. The lowest BCUT2D eigenvalue weighted by Crippen LogP contribution is -2.36. The van der Waals surface area contributed by atoms with Gasteiger partial charge in [0.05, 0.1) is 24.7 Å². The molecule has 4 N–H and O–H groups in total. The summed E-state index contributed by atoms with van der Waals surface area (Å²) in [7, 11) is 1.39. The van der Waals surface area contributed by atoms with Crippen LogP contribution in [-0.4, -0.2) is 58.5 Å². The number of ether oxygens (including phenoxy) is 2. The molecule has 1 aliphatic heterocycles. The average molecular weight is 300 g/mol. The molecule has 1 aromatic rings. The molecule has 1 aliphatic rings. The molecule has 9 heteroatoms.